The largest absolute Gasteiger partial charge is 0.496 e. The third-order valence-corrected chi connectivity index (χ3v) is 5.71. The zero-order valence-corrected chi connectivity index (χ0v) is 16.6. The van der Waals surface area contributed by atoms with Gasteiger partial charge >= 0.3 is 0 Å². The van der Waals surface area contributed by atoms with E-state index in [1.165, 1.54) is 6.08 Å². The smallest absolute Gasteiger partial charge is 0.267 e. The molecule has 0 aromatic heterocycles. The molecule has 6 nitrogen and oxygen atoms in total. The van der Waals surface area contributed by atoms with Crippen molar-refractivity contribution >= 4 is 29.6 Å². The maximum Gasteiger partial charge on any atom is 0.267 e. The number of rotatable bonds is 7. The maximum absolute atomic E-state index is 11.3. The van der Waals surface area contributed by atoms with Crippen LogP contribution in [0.5, 0.6) is 5.75 Å². The van der Waals surface area contributed by atoms with E-state index in [1.807, 2.05) is 36.4 Å². The van der Waals surface area contributed by atoms with E-state index in [2.05, 4.69) is 21.8 Å². The molecule has 1 fully saturated rings. The van der Waals surface area contributed by atoms with E-state index in [0.717, 1.165) is 47.8 Å². The van der Waals surface area contributed by atoms with Crippen LogP contribution in [0.25, 0.3) is 6.08 Å². The molecule has 0 saturated carbocycles. The lowest BCUT2D eigenvalue weighted by Crippen LogP contribution is -2.40. The van der Waals surface area contributed by atoms with Crippen LogP contribution in [-0.2, 0) is 4.79 Å². The Morgan fingerprint density at radius 2 is 1.89 bits per heavy atom. The second kappa shape index (κ2) is 10.2. The fourth-order valence-electron chi connectivity index (χ4n) is 3.21. The van der Waals surface area contributed by atoms with Gasteiger partial charge in [0.05, 0.1) is 12.0 Å². The number of hydrogen-bond donors (Lipinski definition) is 3. The molecule has 2 aromatic rings. The van der Waals surface area contributed by atoms with Gasteiger partial charge in [0.2, 0.25) is 0 Å². The zero-order valence-electron chi connectivity index (χ0n) is 15.8. The maximum atomic E-state index is 11.3. The third-order valence-electron chi connectivity index (χ3n) is 4.70. The van der Waals surface area contributed by atoms with E-state index in [4.69, 9.17) is 9.94 Å². The molecule has 1 aliphatic rings. The number of ether oxygens (including phenoxy) is 1. The second-order valence-corrected chi connectivity index (χ2v) is 7.38. The molecule has 1 amide bonds. The number of benzene rings is 2. The second-order valence-electron chi connectivity index (χ2n) is 6.50. The Kier molecular flexibility index (Phi) is 7.36. The summed E-state index contributed by atoms with van der Waals surface area (Å²) >= 11 is 1.62. The van der Waals surface area contributed by atoms with Crippen LogP contribution >= 0.6 is 11.9 Å². The van der Waals surface area contributed by atoms with Crippen LogP contribution in [0.4, 0.5) is 5.69 Å². The van der Waals surface area contributed by atoms with Crippen molar-refractivity contribution in [2.45, 2.75) is 23.8 Å². The van der Waals surface area contributed by atoms with Gasteiger partial charge in [-0.2, -0.15) is 0 Å². The first-order chi connectivity index (χ1) is 13.7. The first-order valence-corrected chi connectivity index (χ1v) is 10.0. The Morgan fingerprint density at radius 1 is 1.18 bits per heavy atom. The number of methoxy groups -OCH3 is 1. The van der Waals surface area contributed by atoms with Gasteiger partial charge in [0.1, 0.15) is 5.75 Å². The highest BCUT2D eigenvalue weighted by molar-refractivity contribution is 7.97. The summed E-state index contributed by atoms with van der Waals surface area (Å²) in [6, 6.07) is 16.4. The molecule has 0 bridgehead atoms. The highest BCUT2D eigenvalue weighted by Crippen LogP contribution is 2.29. The van der Waals surface area contributed by atoms with Crippen molar-refractivity contribution in [2.75, 3.05) is 25.1 Å². The number of hydroxylamine groups is 1. The van der Waals surface area contributed by atoms with Crippen LogP contribution in [0, 0.1) is 0 Å². The van der Waals surface area contributed by atoms with Gasteiger partial charge in [-0.1, -0.05) is 30.3 Å². The Morgan fingerprint density at radius 3 is 2.64 bits per heavy atom. The minimum Gasteiger partial charge on any atom is -0.496 e. The summed E-state index contributed by atoms with van der Waals surface area (Å²) in [7, 11) is 1.69. The fraction of sp³-hybridized carbons (Fsp3) is 0.286. The average molecular weight is 400 g/mol. The zero-order chi connectivity index (χ0) is 19.8. The van der Waals surface area contributed by atoms with Gasteiger partial charge in [0.15, 0.2) is 0 Å². The number of nitrogens with zero attached hydrogens (tertiary/aromatic N) is 1. The summed E-state index contributed by atoms with van der Waals surface area (Å²) in [5, 5.41) is 8.65. The SMILES string of the molecule is COc1ccccc1SNC1CCN(c2ccccc2/C=C/C(=O)NO)CC1. The van der Waals surface area contributed by atoms with Crippen LogP contribution in [0.1, 0.15) is 18.4 Å². The fourth-order valence-corrected chi connectivity index (χ4v) is 4.14. The molecular formula is C21H25N3O3S. The lowest BCUT2D eigenvalue weighted by Gasteiger charge is -2.34. The van der Waals surface area contributed by atoms with Crippen molar-refractivity contribution in [3.05, 3.63) is 60.2 Å². The Labute approximate surface area is 169 Å². The quantitative estimate of drug-likeness (QED) is 0.287. The summed E-state index contributed by atoms with van der Waals surface area (Å²) in [5.74, 6) is 0.344. The van der Waals surface area contributed by atoms with E-state index in [0.29, 0.717) is 6.04 Å². The molecule has 3 N–H and O–H groups in total. The van der Waals surface area contributed by atoms with Gasteiger partial charge in [0.25, 0.3) is 5.91 Å². The van der Waals surface area contributed by atoms with Crippen molar-refractivity contribution in [3.63, 3.8) is 0 Å². The van der Waals surface area contributed by atoms with Gasteiger partial charge < -0.3 is 9.64 Å². The number of piperidine rings is 1. The first-order valence-electron chi connectivity index (χ1n) is 9.22. The summed E-state index contributed by atoms with van der Waals surface area (Å²) < 4.78 is 8.96. The van der Waals surface area contributed by atoms with E-state index < -0.39 is 5.91 Å². The average Bonchev–Trinajstić information content (AvgIpc) is 2.76. The first kappa shape index (κ1) is 20.3. The van der Waals surface area contributed by atoms with Crippen molar-refractivity contribution in [3.8, 4) is 5.75 Å². The summed E-state index contributed by atoms with van der Waals surface area (Å²) in [6.07, 6.45) is 5.11. The molecular weight excluding hydrogens is 374 g/mol. The van der Waals surface area contributed by atoms with Crippen molar-refractivity contribution in [1.29, 1.82) is 0 Å². The van der Waals surface area contributed by atoms with E-state index in [-0.39, 0.29) is 0 Å². The monoisotopic (exact) mass is 399 g/mol. The molecule has 0 unspecified atom stereocenters. The molecule has 0 aliphatic carbocycles. The number of nitrogens with one attached hydrogen (secondary N) is 2. The summed E-state index contributed by atoms with van der Waals surface area (Å²) in [6.45, 7) is 1.86. The Balaban J connectivity index is 1.57. The normalized spacial score (nSPS) is 15.0. The summed E-state index contributed by atoms with van der Waals surface area (Å²) in [4.78, 5) is 14.7. The molecule has 3 rings (SSSR count). The highest BCUT2D eigenvalue weighted by atomic mass is 32.2. The Bertz CT molecular complexity index is 820. The lowest BCUT2D eigenvalue weighted by molar-refractivity contribution is -0.124. The van der Waals surface area contributed by atoms with Crippen molar-refractivity contribution < 1.29 is 14.7 Å². The van der Waals surface area contributed by atoms with Crippen LogP contribution in [0.2, 0.25) is 0 Å². The third kappa shape index (κ3) is 5.28. The molecule has 1 aliphatic heterocycles. The molecule has 1 saturated heterocycles. The number of amides is 1. The van der Waals surface area contributed by atoms with E-state index in [9.17, 15) is 4.79 Å². The number of carbonyl (C=O) groups excluding carboxylic acids is 1. The molecule has 148 valence electrons. The van der Waals surface area contributed by atoms with Crippen LogP contribution in [-0.4, -0.2) is 37.4 Å². The Hall–Kier alpha value is -2.48. The van der Waals surface area contributed by atoms with E-state index >= 15 is 0 Å². The molecule has 2 aromatic carbocycles. The predicted octanol–water partition coefficient (Wildman–Crippen LogP) is 3.48. The molecule has 28 heavy (non-hydrogen) atoms. The van der Waals surface area contributed by atoms with Gasteiger partial charge in [-0.15, -0.1) is 0 Å². The predicted molar refractivity (Wildman–Crippen MR) is 113 cm³/mol. The van der Waals surface area contributed by atoms with E-state index in [1.54, 1.807) is 30.6 Å². The van der Waals surface area contributed by atoms with Crippen LogP contribution in [0.15, 0.2) is 59.5 Å². The number of hydrogen-bond acceptors (Lipinski definition) is 6. The van der Waals surface area contributed by atoms with Crippen molar-refractivity contribution in [1.82, 2.24) is 10.2 Å². The molecule has 0 atom stereocenters. The molecule has 1 heterocycles. The minimum absolute atomic E-state index is 0.425. The number of para-hydroxylation sites is 2. The van der Waals surface area contributed by atoms with Gasteiger partial charge in [0, 0.05) is 30.9 Å². The van der Waals surface area contributed by atoms with Crippen molar-refractivity contribution in [2.24, 2.45) is 0 Å². The number of carbonyl (C=O) groups is 1. The van der Waals surface area contributed by atoms with Crippen LogP contribution in [0.3, 0.4) is 0 Å². The van der Waals surface area contributed by atoms with Gasteiger partial charge in [-0.25, -0.2) is 5.48 Å². The molecule has 0 spiro atoms. The lowest BCUT2D eigenvalue weighted by atomic mass is 10.0. The standard InChI is InChI=1S/C21H25N3O3S/c1-27-19-8-4-5-9-20(19)28-23-17-12-14-24(15-13-17)18-7-3-2-6-16(18)10-11-21(25)22-26/h2-11,17,23,26H,12-15H2,1H3,(H,22,25)/b11-10+. The van der Waals surface area contributed by atoms with Gasteiger partial charge in [-0.05, 0) is 54.6 Å². The summed E-state index contributed by atoms with van der Waals surface area (Å²) in [5.41, 5.74) is 3.67. The molecule has 0 radical (unpaired) electrons. The van der Waals surface area contributed by atoms with Crippen LogP contribution < -0.4 is 19.8 Å². The molecule has 7 heteroatoms. The topological polar surface area (TPSA) is 73.8 Å². The minimum atomic E-state index is -0.536. The number of anilines is 1. The van der Waals surface area contributed by atoms with Gasteiger partial charge in [-0.3, -0.25) is 14.7 Å². The highest BCUT2D eigenvalue weighted by Gasteiger charge is 2.21.